The zero-order chi connectivity index (χ0) is 15.2. The van der Waals surface area contributed by atoms with E-state index >= 15 is 0 Å². The molecule has 1 amide bonds. The summed E-state index contributed by atoms with van der Waals surface area (Å²) in [7, 11) is 0. The first-order valence-electron chi connectivity index (χ1n) is 7.11. The number of anilines is 1. The Kier molecular flexibility index (Phi) is 4.92. The van der Waals surface area contributed by atoms with Crippen molar-refractivity contribution in [2.75, 3.05) is 11.9 Å². The molecule has 0 radical (unpaired) electrons. The number of carbonyl (C=O) groups excluding carboxylic acids is 2. The number of pyridine rings is 1. The molecule has 0 aliphatic rings. The van der Waals surface area contributed by atoms with Crippen LogP contribution in [0.25, 0.3) is 5.65 Å². The van der Waals surface area contributed by atoms with Crippen LogP contribution in [0.1, 0.15) is 43.6 Å². The predicted molar refractivity (Wildman–Crippen MR) is 79.3 cm³/mol. The number of hydrogen-bond acceptors (Lipinski definition) is 4. The Labute approximate surface area is 123 Å². The Hall–Kier alpha value is -2.37. The van der Waals surface area contributed by atoms with Gasteiger partial charge >= 0.3 is 5.97 Å². The fourth-order valence-corrected chi connectivity index (χ4v) is 1.99. The number of nitrogens with zero attached hydrogens (tertiary/aromatic N) is 2. The van der Waals surface area contributed by atoms with Gasteiger partial charge in [0.1, 0.15) is 5.65 Å². The van der Waals surface area contributed by atoms with Gasteiger partial charge in [0.25, 0.3) is 0 Å². The summed E-state index contributed by atoms with van der Waals surface area (Å²) in [5.41, 5.74) is 0.722. The Bertz CT molecular complexity index is 649. The summed E-state index contributed by atoms with van der Waals surface area (Å²) >= 11 is 0. The molecule has 2 heterocycles. The molecule has 0 saturated heterocycles. The number of rotatable bonds is 6. The lowest BCUT2D eigenvalue weighted by molar-refractivity contribution is -0.116. The number of nitrogens with one attached hydrogen (secondary N) is 1. The Morgan fingerprint density at radius 1 is 1.33 bits per heavy atom. The third kappa shape index (κ3) is 3.39. The monoisotopic (exact) mass is 289 g/mol. The fraction of sp³-hybridized carbons (Fsp3) is 0.400. The molecule has 0 saturated carbocycles. The number of fused-ring (bicyclic) bond motifs is 1. The number of carbonyl (C=O) groups is 2. The Balaban J connectivity index is 2.36. The second kappa shape index (κ2) is 6.88. The zero-order valence-electron chi connectivity index (χ0n) is 12.3. The minimum Gasteiger partial charge on any atom is -0.461 e. The number of amides is 1. The summed E-state index contributed by atoms with van der Waals surface area (Å²) in [5.74, 6) is -0.301. The van der Waals surface area contributed by atoms with E-state index in [-0.39, 0.29) is 18.2 Å². The zero-order valence-corrected chi connectivity index (χ0v) is 12.3. The maximum atomic E-state index is 12.0. The molecule has 1 N–H and O–H groups in total. The summed E-state index contributed by atoms with van der Waals surface area (Å²) < 4.78 is 6.67. The molecule has 0 atom stereocenters. The van der Waals surface area contributed by atoms with Crippen molar-refractivity contribution in [3.63, 3.8) is 0 Å². The van der Waals surface area contributed by atoms with E-state index < -0.39 is 5.97 Å². The average Bonchev–Trinajstić information content (AvgIpc) is 2.84. The largest absolute Gasteiger partial charge is 0.461 e. The van der Waals surface area contributed by atoms with Gasteiger partial charge in [0, 0.05) is 12.6 Å². The normalized spacial score (nSPS) is 10.6. The van der Waals surface area contributed by atoms with Crippen molar-refractivity contribution in [3.05, 3.63) is 30.1 Å². The molecule has 2 aromatic rings. The quantitative estimate of drug-likeness (QED) is 0.830. The number of unbranched alkanes of at least 4 members (excludes halogenated alkanes) is 1. The van der Waals surface area contributed by atoms with E-state index in [0.29, 0.717) is 17.9 Å². The van der Waals surface area contributed by atoms with Gasteiger partial charge in [-0.1, -0.05) is 19.4 Å². The van der Waals surface area contributed by atoms with Crippen molar-refractivity contribution in [3.8, 4) is 0 Å². The first kappa shape index (κ1) is 15.0. The molecular weight excluding hydrogens is 270 g/mol. The summed E-state index contributed by atoms with van der Waals surface area (Å²) in [6.45, 7) is 4.01. The third-order valence-electron chi connectivity index (χ3n) is 3.01. The highest BCUT2D eigenvalue weighted by Crippen LogP contribution is 2.19. The van der Waals surface area contributed by atoms with Crippen LogP contribution in [0.3, 0.4) is 0 Å². The lowest BCUT2D eigenvalue weighted by Crippen LogP contribution is -2.16. The lowest BCUT2D eigenvalue weighted by atomic mass is 10.2. The van der Waals surface area contributed by atoms with Crippen molar-refractivity contribution < 1.29 is 14.3 Å². The molecule has 0 aliphatic heterocycles. The fourth-order valence-electron chi connectivity index (χ4n) is 1.99. The number of aromatic nitrogens is 2. The number of imidazole rings is 1. The van der Waals surface area contributed by atoms with Gasteiger partial charge in [0.15, 0.2) is 11.5 Å². The minimum atomic E-state index is -0.535. The van der Waals surface area contributed by atoms with E-state index in [9.17, 15) is 9.59 Å². The van der Waals surface area contributed by atoms with Crippen LogP contribution >= 0.6 is 0 Å². The molecule has 0 aromatic carbocycles. The van der Waals surface area contributed by atoms with Gasteiger partial charge in [-0.25, -0.2) is 9.78 Å². The van der Waals surface area contributed by atoms with Crippen molar-refractivity contribution in [2.45, 2.75) is 33.1 Å². The van der Waals surface area contributed by atoms with Crippen molar-refractivity contribution in [1.29, 1.82) is 0 Å². The van der Waals surface area contributed by atoms with E-state index in [4.69, 9.17) is 4.74 Å². The predicted octanol–water partition coefficient (Wildman–Crippen LogP) is 2.64. The summed E-state index contributed by atoms with van der Waals surface area (Å²) in [4.78, 5) is 28.2. The van der Waals surface area contributed by atoms with Gasteiger partial charge in [-0.15, -0.1) is 0 Å². The van der Waals surface area contributed by atoms with Gasteiger partial charge in [-0.3, -0.25) is 9.20 Å². The van der Waals surface area contributed by atoms with Crippen molar-refractivity contribution in [2.24, 2.45) is 0 Å². The van der Waals surface area contributed by atoms with Gasteiger partial charge < -0.3 is 10.1 Å². The average molecular weight is 289 g/mol. The first-order chi connectivity index (χ1) is 10.2. The van der Waals surface area contributed by atoms with Crippen LogP contribution in [0.5, 0.6) is 0 Å². The second-order valence-electron chi connectivity index (χ2n) is 4.61. The Morgan fingerprint density at radius 3 is 2.86 bits per heavy atom. The maximum Gasteiger partial charge on any atom is 0.360 e. The van der Waals surface area contributed by atoms with Gasteiger partial charge in [-0.2, -0.15) is 0 Å². The van der Waals surface area contributed by atoms with Crippen molar-refractivity contribution >= 4 is 23.3 Å². The van der Waals surface area contributed by atoms with Crippen LogP contribution in [0, 0.1) is 0 Å². The second-order valence-corrected chi connectivity index (χ2v) is 4.61. The van der Waals surface area contributed by atoms with Crippen LogP contribution in [-0.2, 0) is 9.53 Å². The third-order valence-corrected chi connectivity index (χ3v) is 3.01. The van der Waals surface area contributed by atoms with Gasteiger partial charge in [0.2, 0.25) is 5.91 Å². The molecular formula is C15H19N3O3. The van der Waals surface area contributed by atoms with E-state index in [1.807, 2.05) is 19.1 Å². The van der Waals surface area contributed by atoms with Crippen LogP contribution in [0.4, 0.5) is 5.82 Å². The SMILES string of the molecule is CCCCC(=O)Nc1c(C(=O)OCC)nc2ccccn12. The van der Waals surface area contributed by atoms with Crippen LogP contribution in [0.15, 0.2) is 24.4 Å². The van der Waals surface area contributed by atoms with Crippen LogP contribution < -0.4 is 5.32 Å². The van der Waals surface area contributed by atoms with Crippen molar-refractivity contribution in [1.82, 2.24) is 9.38 Å². The molecule has 0 spiro atoms. The highest BCUT2D eigenvalue weighted by molar-refractivity contribution is 6.00. The summed E-state index contributed by atoms with van der Waals surface area (Å²) in [6, 6.07) is 5.40. The maximum absolute atomic E-state index is 12.0. The molecule has 6 heteroatoms. The highest BCUT2D eigenvalue weighted by atomic mass is 16.5. The van der Waals surface area contributed by atoms with Crippen LogP contribution in [-0.4, -0.2) is 27.9 Å². The summed E-state index contributed by atoms with van der Waals surface area (Å²) in [5, 5.41) is 2.77. The van der Waals surface area contributed by atoms with E-state index in [1.54, 1.807) is 23.6 Å². The standard InChI is InChI=1S/C15H19N3O3/c1-3-5-9-12(19)17-14-13(15(20)21-4-2)16-11-8-6-7-10-18(11)14/h6-8,10H,3-5,9H2,1-2H3,(H,17,19). The first-order valence-corrected chi connectivity index (χ1v) is 7.11. The molecule has 0 fully saturated rings. The highest BCUT2D eigenvalue weighted by Gasteiger charge is 2.21. The summed E-state index contributed by atoms with van der Waals surface area (Å²) in [6.07, 6.45) is 3.90. The molecule has 6 nitrogen and oxygen atoms in total. The van der Waals surface area contributed by atoms with E-state index in [0.717, 1.165) is 12.8 Å². The van der Waals surface area contributed by atoms with Crippen LogP contribution in [0.2, 0.25) is 0 Å². The minimum absolute atomic E-state index is 0.131. The molecule has 2 aromatic heterocycles. The van der Waals surface area contributed by atoms with E-state index in [2.05, 4.69) is 10.3 Å². The lowest BCUT2D eigenvalue weighted by Gasteiger charge is -2.07. The van der Waals surface area contributed by atoms with Gasteiger partial charge in [0.05, 0.1) is 6.61 Å². The number of hydrogen-bond donors (Lipinski definition) is 1. The molecule has 0 aliphatic carbocycles. The van der Waals surface area contributed by atoms with E-state index in [1.165, 1.54) is 0 Å². The molecule has 0 bridgehead atoms. The topological polar surface area (TPSA) is 72.7 Å². The van der Waals surface area contributed by atoms with Gasteiger partial charge in [-0.05, 0) is 25.5 Å². The smallest absolute Gasteiger partial charge is 0.360 e. The molecule has 112 valence electrons. The number of ether oxygens (including phenoxy) is 1. The molecule has 0 unspecified atom stereocenters. The Morgan fingerprint density at radius 2 is 2.14 bits per heavy atom. The number of esters is 1. The molecule has 2 rings (SSSR count). The molecule has 21 heavy (non-hydrogen) atoms.